The second-order valence-electron chi connectivity index (χ2n) is 10.1. The molecule has 2 aromatic carbocycles. The molecular weight excluding hydrogens is 622 g/mol. The summed E-state index contributed by atoms with van der Waals surface area (Å²) in [7, 11) is 5.68. The number of fused-ring (bicyclic) bond motifs is 6. The molecule has 2 aromatic heterocycles. The lowest BCUT2D eigenvalue weighted by Crippen LogP contribution is -2.26. The van der Waals surface area contributed by atoms with E-state index in [0.29, 0.717) is 12.5 Å². The first-order chi connectivity index (χ1) is 18.9. The molecule has 2 aliphatic heterocycles. The second kappa shape index (κ2) is 14.1. The van der Waals surface area contributed by atoms with E-state index in [2.05, 4.69) is 90.2 Å². The summed E-state index contributed by atoms with van der Waals surface area (Å²) >= 11 is 6.98. The molecule has 0 fully saturated rings. The van der Waals surface area contributed by atoms with Gasteiger partial charge in [-0.1, -0.05) is 45.2 Å². The number of unbranched alkanes of at least 4 members (excludes halogenated alkanes) is 1. The van der Waals surface area contributed by atoms with Crippen LogP contribution < -0.4 is 0 Å². The molecule has 6 rings (SSSR count). The van der Waals surface area contributed by atoms with Gasteiger partial charge >= 0.3 is 0 Å². The van der Waals surface area contributed by atoms with Gasteiger partial charge in [0.05, 0.1) is 18.3 Å². The van der Waals surface area contributed by atoms with Gasteiger partial charge in [-0.3, -0.25) is 9.69 Å². The smallest absolute Gasteiger partial charge is 0.181 e. The number of methoxy groups -OCH3 is 2. The first kappa shape index (κ1) is 30.0. The normalized spacial score (nSPS) is 15.8. The Morgan fingerprint density at radius 2 is 1.54 bits per heavy atom. The van der Waals surface area contributed by atoms with Crippen LogP contribution in [0.25, 0.3) is 21.8 Å². The Morgan fingerprint density at radius 3 is 2.15 bits per heavy atom. The summed E-state index contributed by atoms with van der Waals surface area (Å²) in [5, 5.41) is 2.47. The Kier molecular flexibility index (Phi) is 10.8. The number of likely N-dealkylation sites (N-methyl/N-ethyl adjacent to an activating group) is 1. The van der Waals surface area contributed by atoms with Gasteiger partial charge in [-0.05, 0) is 68.4 Å². The molecule has 8 heteroatoms. The van der Waals surface area contributed by atoms with E-state index < -0.39 is 0 Å². The lowest BCUT2D eigenvalue weighted by atomic mass is 10.1. The summed E-state index contributed by atoms with van der Waals surface area (Å²) in [6.07, 6.45) is 4.27. The highest BCUT2D eigenvalue weighted by Crippen LogP contribution is 2.36. The summed E-state index contributed by atoms with van der Waals surface area (Å²) < 4.78 is 16.7. The molecule has 0 amide bonds. The van der Waals surface area contributed by atoms with Crippen molar-refractivity contribution in [3.63, 3.8) is 0 Å². The van der Waals surface area contributed by atoms with Crippen LogP contribution in [0, 0.1) is 0 Å². The number of aryl methyl sites for hydroxylation is 2. The monoisotopic (exact) mass is 659 g/mol. The zero-order valence-corrected chi connectivity index (χ0v) is 26.6. The van der Waals surface area contributed by atoms with Gasteiger partial charge in [0, 0.05) is 83.3 Å². The standard InChI is InChI=1S/C15H19BrN2O.C11H8BrNO.C5H12O/c1-17(7-8-19-2)14-5-6-18-13-4-3-12(16)9-11(13)10-15(14)18;12-8-1-2-9-7(5-8)6-10-11(14)3-4-13(9)10;1-3-4-5-6-2/h3-4,9-10,14H,5-8H2,1-2H3;1-2,5-6H,3-4H2;3-5H2,1-2H3. The van der Waals surface area contributed by atoms with Crippen LogP contribution in [-0.2, 0) is 22.6 Å². The first-order valence-corrected chi connectivity index (χ1v) is 15.2. The number of carbonyl (C=O) groups excluding carboxylic acids is 1. The fraction of sp³-hybridized carbons (Fsp3) is 0.452. The molecule has 2 aliphatic rings. The molecule has 1 unspecified atom stereocenters. The van der Waals surface area contributed by atoms with Crippen LogP contribution >= 0.6 is 31.9 Å². The maximum absolute atomic E-state index is 11.5. The Labute approximate surface area is 248 Å². The fourth-order valence-corrected chi connectivity index (χ4v) is 6.13. The van der Waals surface area contributed by atoms with E-state index in [1.807, 2.05) is 18.2 Å². The van der Waals surface area contributed by atoms with Crippen LogP contribution in [0.5, 0.6) is 0 Å². The van der Waals surface area contributed by atoms with Crippen molar-refractivity contribution in [2.24, 2.45) is 0 Å². The molecule has 4 heterocycles. The number of carbonyl (C=O) groups is 1. The quantitative estimate of drug-likeness (QED) is 0.190. The van der Waals surface area contributed by atoms with E-state index in [-0.39, 0.29) is 5.78 Å². The Balaban J connectivity index is 0.000000155. The van der Waals surface area contributed by atoms with E-state index in [1.165, 1.54) is 35.9 Å². The van der Waals surface area contributed by atoms with Crippen molar-refractivity contribution in [3.8, 4) is 0 Å². The minimum absolute atomic E-state index is 0.261. The zero-order chi connectivity index (χ0) is 27.9. The summed E-state index contributed by atoms with van der Waals surface area (Å²) in [5.74, 6) is 0.261. The number of ketones is 1. The molecule has 4 aromatic rings. The Bertz CT molecular complexity index is 1410. The van der Waals surface area contributed by atoms with Crippen LogP contribution in [0.2, 0.25) is 0 Å². The maximum atomic E-state index is 11.5. The van der Waals surface area contributed by atoms with Gasteiger partial charge in [-0.15, -0.1) is 0 Å². The van der Waals surface area contributed by atoms with Gasteiger partial charge in [0.15, 0.2) is 5.78 Å². The number of Topliss-reactive ketones (excluding diaryl/α,β-unsaturated/α-hetero) is 1. The summed E-state index contributed by atoms with van der Waals surface area (Å²) in [4.78, 5) is 13.9. The highest BCUT2D eigenvalue weighted by atomic mass is 79.9. The predicted octanol–water partition coefficient (Wildman–Crippen LogP) is 7.85. The van der Waals surface area contributed by atoms with Gasteiger partial charge in [-0.25, -0.2) is 0 Å². The van der Waals surface area contributed by atoms with E-state index in [4.69, 9.17) is 9.47 Å². The van der Waals surface area contributed by atoms with Crippen LogP contribution in [0.15, 0.2) is 57.5 Å². The van der Waals surface area contributed by atoms with Gasteiger partial charge in [0.25, 0.3) is 0 Å². The second-order valence-corrected chi connectivity index (χ2v) is 11.9. The van der Waals surface area contributed by atoms with Gasteiger partial charge in [-0.2, -0.15) is 0 Å². The SMILES string of the molecule is CCCCOC.COCCN(C)C1CCn2c1cc1cc(Br)ccc12.O=C1CCn2c1cc1cc(Br)ccc12. The van der Waals surface area contributed by atoms with Crippen LogP contribution in [0.3, 0.4) is 0 Å². The number of halogens is 2. The number of rotatable bonds is 7. The van der Waals surface area contributed by atoms with Crippen LogP contribution in [0.4, 0.5) is 0 Å². The van der Waals surface area contributed by atoms with Crippen molar-refractivity contribution in [3.05, 3.63) is 68.9 Å². The molecule has 0 spiro atoms. The van der Waals surface area contributed by atoms with Gasteiger partial charge in [0.2, 0.25) is 0 Å². The van der Waals surface area contributed by atoms with Crippen LogP contribution in [0.1, 0.15) is 54.8 Å². The summed E-state index contributed by atoms with van der Waals surface area (Å²) in [5.41, 5.74) is 4.81. The van der Waals surface area contributed by atoms with Gasteiger partial charge < -0.3 is 18.6 Å². The first-order valence-electron chi connectivity index (χ1n) is 13.7. The summed E-state index contributed by atoms with van der Waals surface area (Å²) in [6, 6.07) is 17.5. The number of aromatic nitrogens is 2. The predicted molar refractivity (Wildman–Crippen MR) is 167 cm³/mol. The molecule has 0 saturated carbocycles. The largest absolute Gasteiger partial charge is 0.385 e. The third kappa shape index (κ3) is 7.03. The van der Waals surface area contributed by atoms with E-state index in [1.54, 1.807) is 14.2 Å². The molecule has 39 heavy (non-hydrogen) atoms. The van der Waals surface area contributed by atoms with E-state index in [9.17, 15) is 4.79 Å². The number of hydrogen-bond acceptors (Lipinski definition) is 4. The molecule has 0 radical (unpaired) electrons. The fourth-order valence-electron chi connectivity index (χ4n) is 5.37. The Hall–Kier alpha value is -1.97. The molecular formula is C31H39Br2N3O3. The number of nitrogens with zero attached hydrogens (tertiary/aromatic N) is 3. The topological polar surface area (TPSA) is 48.6 Å². The Morgan fingerprint density at radius 1 is 0.897 bits per heavy atom. The number of hydrogen-bond donors (Lipinski definition) is 0. The molecule has 210 valence electrons. The van der Waals surface area contributed by atoms with Crippen molar-refractivity contribution in [2.75, 3.05) is 41.0 Å². The molecule has 0 aliphatic carbocycles. The molecule has 6 nitrogen and oxygen atoms in total. The molecule has 0 bridgehead atoms. The summed E-state index contributed by atoms with van der Waals surface area (Å²) in [6.45, 7) is 6.78. The van der Waals surface area contributed by atoms with Crippen molar-refractivity contribution >= 4 is 59.4 Å². The molecule has 0 N–H and O–H groups in total. The van der Waals surface area contributed by atoms with E-state index >= 15 is 0 Å². The molecule has 1 atom stereocenters. The highest BCUT2D eigenvalue weighted by Gasteiger charge is 2.27. The van der Waals surface area contributed by atoms with Crippen LogP contribution in [-0.4, -0.2) is 60.8 Å². The van der Waals surface area contributed by atoms with Crippen molar-refractivity contribution in [2.45, 2.75) is 51.7 Å². The number of ether oxygens (including phenoxy) is 2. The minimum atomic E-state index is 0.261. The average Bonchev–Trinajstić information content (AvgIpc) is 3.67. The number of benzene rings is 2. The average molecular weight is 661 g/mol. The van der Waals surface area contributed by atoms with E-state index in [0.717, 1.165) is 58.4 Å². The van der Waals surface area contributed by atoms with Crippen molar-refractivity contribution < 1.29 is 14.3 Å². The third-order valence-corrected chi connectivity index (χ3v) is 8.44. The lowest BCUT2D eigenvalue weighted by molar-refractivity contribution is 0.0994. The maximum Gasteiger partial charge on any atom is 0.181 e. The molecule has 0 saturated heterocycles. The third-order valence-electron chi connectivity index (χ3n) is 7.46. The van der Waals surface area contributed by atoms with Crippen molar-refractivity contribution in [1.82, 2.24) is 14.0 Å². The minimum Gasteiger partial charge on any atom is -0.385 e. The highest BCUT2D eigenvalue weighted by molar-refractivity contribution is 9.10. The van der Waals surface area contributed by atoms with Crippen molar-refractivity contribution in [1.29, 1.82) is 0 Å². The van der Waals surface area contributed by atoms with Gasteiger partial charge in [0.1, 0.15) is 0 Å². The zero-order valence-electron chi connectivity index (χ0n) is 23.4. The lowest BCUT2D eigenvalue weighted by Gasteiger charge is -2.23.